The van der Waals surface area contributed by atoms with E-state index in [1.54, 1.807) is 0 Å². The third kappa shape index (κ3) is 5.16. The normalized spacial score (nSPS) is 15.3. The third-order valence-corrected chi connectivity index (χ3v) is 10.3. The van der Waals surface area contributed by atoms with Crippen molar-refractivity contribution in [3.8, 4) is 0 Å². The smallest absolute Gasteiger partial charge is 0.121 e. The van der Waals surface area contributed by atoms with E-state index in [0.717, 1.165) is 12.8 Å². The number of hydrogen-bond acceptors (Lipinski definition) is 0. The van der Waals surface area contributed by atoms with Gasteiger partial charge in [0.1, 0.15) is 0 Å². The van der Waals surface area contributed by atoms with Crippen LogP contribution in [0.25, 0.3) is 10.8 Å². The summed E-state index contributed by atoms with van der Waals surface area (Å²) in [6, 6.07) is 23.6. The first-order valence-electron chi connectivity index (χ1n) is 17.8. The first-order valence-corrected chi connectivity index (χ1v) is 17.8. The first-order chi connectivity index (χ1) is 22.3. The van der Waals surface area contributed by atoms with E-state index in [9.17, 15) is 0 Å². The molecule has 4 aromatic carbocycles. The topological polar surface area (TPSA) is 6.02 Å². The minimum atomic E-state index is -0.402. The van der Waals surface area contributed by atoms with Crippen molar-refractivity contribution in [2.75, 3.05) is 0 Å². The lowest BCUT2D eigenvalue weighted by Gasteiger charge is -2.26. The van der Waals surface area contributed by atoms with E-state index in [-0.39, 0.29) is 0 Å². The van der Waals surface area contributed by atoms with E-state index in [1.165, 1.54) is 78.1 Å². The molecule has 0 amide bonds. The third-order valence-electron chi connectivity index (χ3n) is 10.3. The molecule has 1 aliphatic carbocycles. The Kier molecular flexibility index (Phi) is 8.54. The van der Waals surface area contributed by atoms with E-state index in [2.05, 4.69) is 152 Å². The summed E-state index contributed by atoms with van der Waals surface area (Å²) in [5, 5.41) is 2.67. The van der Waals surface area contributed by atoms with Gasteiger partial charge in [-0.1, -0.05) is 91.8 Å². The van der Waals surface area contributed by atoms with Crippen LogP contribution in [0.2, 0.25) is 0 Å². The zero-order valence-electron chi connectivity index (χ0n) is 30.5. The number of allylic oxidation sites excluding steroid dienone is 2. The van der Waals surface area contributed by atoms with Gasteiger partial charge < -0.3 is 0 Å². The van der Waals surface area contributed by atoms with E-state index < -0.39 is 5.66 Å². The van der Waals surface area contributed by atoms with Gasteiger partial charge in [0.15, 0.2) is 0 Å². The van der Waals surface area contributed by atoms with Crippen molar-refractivity contribution in [1.29, 1.82) is 0 Å². The first kappa shape index (κ1) is 32.9. The van der Waals surface area contributed by atoms with Gasteiger partial charge in [-0.3, -0.25) is 0 Å². The van der Waals surface area contributed by atoms with Crippen molar-refractivity contribution >= 4 is 33.6 Å². The molecule has 0 aromatic heterocycles. The summed E-state index contributed by atoms with van der Waals surface area (Å²) in [5.41, 5.74) is 16.0. The van der Waals surface area contributed by atoms with E-state index in [1.807, 2.05) is 12.2 Å². The van der Waals surface area contributed by atoms with Crippen LogP contribution in [0.5, 0.6) is 0 Å². The predicted molar refractivity (Wildman–Crippen MR) is 203 cm³/mol. The molecule has 47 heavy (non-hydrogen) atoms. The summed E-state index contributed by atoms with van der Waals surface area (Å²) < 4.78 is 5.48. The Hall–Kier alpha value is -4.04. The van der Waals surface area contributed by atoms with Gasteiger partial charge in [0.05, 0.1) is 25.0 Å². The number of hydrogen-bond donors (Lipinski definition) is 0. The fourth-order valence-corrected chi connectivity index (χ4v) is 8.20. The molecule has 0 fully saturated rings. The van der Waals surface area contributed by atoms with Crippen LogP contribution in [-0.2, 0) is 12.8 Å². The number of fused-ring (bicyclic) bond motifs is 3. The highest BCUT2D eigenvalue weighted by Gasteiger charge is 2.62. The van der Waals surface area contributed by atoms with Gasteiger partial charge in [0, 0.05) is 27.6 Å². The maximum absolute atomic E-state index is 4.09. The van der Waals surface area contributed by atoms with Crippen LogP contribution in [0, 0.1) is 0 Å². The van der Waals surface area contributed by atoms with Crippen LogP contribution in [0.3, 0.4) is 0 Å². The Morgan fingerprint density at radius 3 is 1.21 bits per heavy atom. The van der Waals surface area contributed by atoms with E-state index in [0.29, 0.717) is 23.7 Å². The molecular weight excluding hydrogens is 569 g/mol. The summed E-state index contributed by atoms with van der Waals surface area (Å²) in [6.07, 6.45) is 5.83. The zero-order valence-corrected chi connectivity index (χ0v) is 30.5. The van der Waals surface area contributed by atoms with Gasteiger partial charge >= 0.3 is 5.66 Å². The molecule has 0 saturated heterocycles. The second-order valence-corrected chi connectivity index (χ2v) is 15.4. The molecule has 1 heterocycles. The van der Waals surface area contributed by atoms with Gasteiger partial charge in [-0.25, -0.2) is 0 Å². The molecule has 0 spiro atoms. The highest BCUT2D eigenvalue weighted by Crippen LogP contribution is 2.49. The quantitative estimate of drug-likeness (QED) is 0.123. The number of nitrogens with zero attached hydrogens (tertiary/aromatic N) is 2. The largest absolute Gasteiger partial charge is 0.357 e. The van der Waals surface area contributed by atoms with Gasteiger partial charge in [-0.05, 0) is 89.4 Å². The molecule has 1 aliphatic heterocycles. The Morgan fingerprint density at radius 2 is 0.915 bits per heavy atom. The fraction of sp³-hybridized carbons (Fsp3) is 0.378. The molecule has 2 nitrogen and oxygen atoms in total. The molecule has 4 aromatic rings. The Morgan fingerprint density at radius 1 is 0.574 bits per heavy atom. The molecule has 0 radical (unpaired) electrons. The van der Waals surface area contributed by atoms with Crippen molar-refractivity contribution in [3.05, 3.63) is 130 Å². The average molecular weight is 623 g/mol. The molecule has 6 rings (SSSR count). The second-order valence-electron chi connectivity index (χ2n) is 15.4. The summed E-state index contributed by atoms with van der Waals surface area (Å²) in [7, 11) is 0. The average Bonchev–Trinajstić information content (AvgIpc) is 3.45. The highest BCUT2D eigenvalue weighted by atomic mass is 15.4. The maximum atomic E-state index is 4.09. The minimum absolute atomic E-state index is 0.358. The standard InChI is InChI=1S/C45H54N2/c1-13-17-31-23-36(27(3)4)41(37(24-31)28(5)6)46-43-34-21-15-19-33-20-16-22-35(40(33)34)44(43)47(45(46,11)12)42-38(29(7)8)25-32(18-14-2)26-39(42)30(9)10/h13-16,19-30H,1-2,17-18H2,3-12H3/q+2. The molecule has 0 saturated carbocycles. The van der Waals surface area contributed by atoms with Crippen molar-refractivity contribution in [3.63, 3.8) is 0 Å². The van der Waals surface area contributed by atoms with Crippen molar-refractivity contribution < 1.29 is 9.15 Å². The Balaban J connectivity index is 1.83. The van der Waals surface area contributed by atoms with Crippen LogP contribution in [0.15, 0.2) is 86.0 Å². The Labute approximate surface area is 283 Å². The Bertz CT molecular complexity index is 1790. The van der Waals surface area contributed by atoms with Gasteiger partial charge in [0.2, 0.25) is 11.4 Å². The molecule has 242 valence electrons. The monoisotopic (exact) mass is 622 g/mol. The van der Waals surface area contributed by atoms with Gasteiger partial charge in [-0.2, -0.15) is 0 Å². The molecule has 0 bridgehead atoms. The number of benzene rings is 4. The minimum Gasteiger partial charge on any atom is -0.121 e. The van der Waals surface area contributed by atoms with Crippen molar-refractivity contribution in [1.82, 2.24) is 0 Å². The molecule has 2 aliphatic rings. The van der Waals surface area contributed by atoms with Crippen LogP contribution in [0.4, 0.5) is 11.4 Å². The second kappa shape index (κ2) is 12.2. The molecule has 2 heteroatoms. The van der Waals surface area contributed by atoms with Crippen LogP contribution < -0.4 is 0 Å². The molecule has 0 atom stereocenters. The summed E-state index contributed by atoms with van der Waals surface area (Å²) in [5.74, 6) is 1.43. The van der Waals surface area contributed by atoms with E-state index in [4.69, 9.17) is 0 Å². The predicted octanol–water partition coefficient (Wildman–Crippen LogP) is 11.8. The van der Waals surface area contributed by atoms with E-state index >= 15 is 0 Å². The highest BCUT2D eigenvalue weighted by molar-refractivity contribution is 6.58. The lowest BCUT2D eigenvalue weighted by molar-refractivity contribution is -0.740. The molecular formula is C45H54N2+2. The summed E-state index contributed by atoms with van der Waals surface area (Å²) in [6.45, 7) is 31.9. The van der Waals surface area contributed by atoms with Crippen LogP contribution >= 0.6 is 0 Å². The number of rotatable bonds is 10. The van der Waals surface area contributed by atoms with Crippen LogP contribution in [-0.4, -0.2) is 26.2 Å². The van der Waals surface area contributed by atoms with Crippen LogP contribution in [0.1, 0.15) is 137 Å². The van der Waals surface area contributed by atoms with Gasteiger partial charge in [-0.15, -0.1) is 22.3 Å². The molecule has 0 unspecified atom stereocenters. The fourth-order valence-electron chi connectivity index (χ4n) is 8.20. The lowest BCUT2D eigenvalue weighted by Crippen LogP contribution is -2.42. The lowest BCUT2D eigenvalue weighted by atomic mass is 9.87. The SMILES string of the molecule is C=CCc1cc(C(C)C)c([N+]2=C3C(=[N+](c4c(C(C)C)cc(CC=C)cc4C(C)C)C2(C)C)c2cccc4cccc3c24)c(C(C)C)c1. The summed E-state index contributed by atoms with van der Waals surface area (Å²) in [4.78, 5) is 0. The van der Waals surface area contributed by atoms with Crippen molar-refractivity contribution in [2.24, 2.45) is 0 Å². The van der Waals surface area contributed by atoms with Crippen molar-refractivity contribution in [2.45, 2.75) is 111 Å². The molecule has 0 N–H and O–H groups in total. The van der Waals surface area contributed by atoms with Gasteiger partial charge in [0.25, 0.3) is 11.4 Å². The maximum Gasteiger partial charge on any atom is 0.357 e. The summed E-state index contributed by atoms with van der Waals surface area (Å²) >= 11 is 0. The zero-order chi connectivity index (χ0) is 33.9.